The lowest BCUT2D eigenvalue weighted by Crippen LogP contribution is -2.27. The summed E-state index contributed by atoms with van der Waals surface area (Å²) in [6.45, 7) is 2.23. The molecule has 1 aromatic heterocycles. The van der Waals surface area contributed by atoms with Crippen LogP contribution in [-0.4, -0.2) is 10.9 Å². The predicted octanol–water partition coefficient (Wildman–Crippen LogP) is 4.28. The number of carbonyl (C=O) groups is 1. The molecule has 2 rings (SSSR count). The highest BCUT2D eigenvalue weighted by molar-refractivity contribution is 6.30. The third kappa shape index (κ3) is 4.20. The quantitative estimate of drug-likeness (QED) is 0.894. The molecule has 1 N–H and O–H groups in total. The molecule has 4 heteroatoms. The number of rotatable bonds is 4. The summed E-state index contributed by atoms with van der Waals surface area (Å²) in [5.74, 6) is 1.66. The average molecular weight is 281 g/mol. The molecule has 1 amide bonds. The molecule has 0 aromatic carbocycles. The number of pyridine rings is 1. The van der Waals surface area contributed by atoms with E-state index in [1.54, 1.807) is 18.3 Å². The van der Waals surface area contributed by atoms with Gasteiger partial charge in [0.2, 0.25) is 5.91 Å². The summed E-state index contributed by atoms with van der Waals surface area (Å²) in [5.41, 5.74) is 0. The minimum atomic E-state index is 0.102. The molecule has 19 heavy (non-hydrogen) atoms. The van der Waals surface area contributed by atoms with Crippen LogP contribution < -0.4 is 5.32 Å². The lowest BCUT2D eigenvalue weighted by atomic mass is 9.80. The molecule has 1 heterocycles. The van der Waals surface area contributed by atoms with Crippen molar-refractivity contribution in [2.24, 2.45) is 11.8 Å². The topological polar surface area (TPSA) is 42.0 Å². The normalized spacial score (nSPS) is 23.1. The first-order chi connectivity index (χ1) is 9.19. The van der Waals surface area contributed by atoms with Crippen molar-refractivity contribution in [3.8, 4) is 0 Å². The SMILES string of the molecule is CCCC1CCC(C(=O)Nc2ccc(Cl)cn2)CC1. The van der Waals surface area contributed by atoms with E-state index in [9.17, 15) is 4.79 Å². The predicted molar refractivity (Wildman–Crippen MR) is 78.2 cm³/mol. The molecule has 3 nitrogen and oxygen atoms in total. The van der Waals surface area contributed by atoms with E-state index >= 15 is 0 Å². The van der Waals surface area contributed by atoms with E-state index in [-0.39, 0.29) is 11.8 Å². The van der Waals surface area contributed by atoms with Gasteiger partial charge in [0.15, 0.2) is 0 Å². The Balaban J connectivity index is 1.83. The molecule has 104 valence electrons. The number of anilines is 1. The second kappa shape index (κ2) is 6.90. The first kappa shape index (κ1) is 14.3. The number of amides is 1. The Hall–Kier alpha value is -1.09. The van der Waals surface area contributed by atoms with Crippen molar-refractivity contribution in [2.75, 3.05) is 5.32 Å². The van der Waals surface area contributed by atoms with Crippen molar-refractivity contribution in [2.45, 2.75) is 45.4 Å². The zero-order valence-electron chi connectivity index (χ0n) is 11.4. The number of nitrogens with zero attached hydrogens (tertiary/aromatic N) is 1. The number of hydrogen-bond donors (Lipinski definition) is 1. The van der Waals surface area contributed by atoms with Crippen LogP contribution in [0.5, 0.6) is 0 Å². The summed E-state index contributed by atoms with van der Waals surface area (Å²) < 4.78 is 0. The summed E-state index contributed by atoms with van der Waals surface area (Å²) in [5, 5.41) is 3.46. The fraction of sp³-hybridized carbons (Fsp3) is 0.600. The van der Waals surface area contributed by atoms with E-state index in [0.29, 0.717) is 10.8 Å². The number of hydrogen-bond acceptors (Lipinski definition) is 2. The molecule has 0 radical (unpaired) electrons. The molecule has 1 fully saturated rings. The van der Waals surface area contributed by atoms with Crippen LogP contribution >= 0.6 is 11.6 Å². The van der Waals surface area contributed by atoms with Gasteiger partial charge in [-0.1, -0.05) is 31.4 Å². The van der Waals surface area contributed by atoms with Crippen molar-refractivity contribution in [1.29, 1.82) is 0 Å². The summed E-state index contributed by atoms with van der Waals surface area (Å²) in [7, 11) is 0. The van der Waals surface area contributed by atoms with Gasteiger partial charge in [0, 0.05) is 12.1 Å². The molecular weight excluding hydrogens is 260 g/mol. The van der Waals surface area contributed by atoms with Crippen molar-refractivity contribution in [3.63, 3.8) is 0 Å². The van der Waals surface area contributed by atoms with Gasteiger partial charge >= 0.3 is 0 Å². The molecule has 0 spiro atoms. The van der Waals surface area contributed by atoms with Crippen LogP contribution in [0.15, 0.2) is 18.3 Å². The largest absolute Gasteiger partial charge is 0.310 e. The number of aromatic nitrogens is 1. The van der Waals surface area contributed by atoms with Crippen LogP contribution in [0.3, 0.4) is 0 Å². The van der Waals surface area contributed by atoms with Crippen LogP contribution in [0.1, 0.15) is 45.4 Å². The highest BCUT2D eigenvalue weighted by atomic mass is 35.5. The van der Waals surface area contributed by atoms with Crippen molar-refractivity contribution in [1.82, 2.24) is 4.98 Å². The molecular formula is C15H21ClN2O. The van der Waals surface area contributed by atoms with Crippen LogP contribution in [-0.2, 0) is 4.79 Å². The summed E-state index contributed by atoms with van der Waals surface area (Å²) in [6, 6.07) is 3.48. The number of carbonyl (C=O) groups excluding carboxylic acids is 1. The van der Waals surface area contributed by atoms with Crippen LogP contribution in [0.2, 0.25) is 5.02 Å². The third-order valence-electron chi connectivity index (χ3n) is 3.89. The van der Waals surface area contributed by atoms with E-state index in [4.69, 9.17) is 11.6 Å². The van der Waals surface area contributed by atoms with E-state index in [1.165, 1.54) is 25.7 Å². The Morgan fingerprint density at radius 1 is 1.37 bits per heavy atom. The maximum atomic E-state index is 12.1. The van der Waals surface area contributed by atoms with Gasteiger partial charge in [0.05, 0.1) is 5.02 Å². The average Bonchev–Trinajstić information content (AvgIpc) is 2.42. The third-order valence-corrected chi connectivity index (χ3v) is 4.12. The molecule has 0 atom stereocenters. The van der Waals surface area contributed by atoms with Crippen LogP contribution in [0.25, 0.3) is 0 Å². The first-order valence-electron chi connectivity index (χ1n) is 7.11. The number of halogens is 1. The zero-order chi connectivity index (χ0) is 13.7. The van der Waals surface area contributed by atoms with Gasteiger partial charge in [-0.3, -0.25) is 4.79 Å². The standard InChI is InChI=1S/C15H21ClN2O/c1-2-3-11-4-6-12(7-5-11)15(19)18-14-9-8-13(16)10-17-14/h8-12H,2-7H2,1H3,(H,17,18,19). The minimum absolute atomic E-state index is 0.102. The van der Waals surface area contributed by atoms with Crippen LogP contribution in [0.4, 0.5) is 5.82 Å². The first-order valence-corrected chi connectivity index (χ1v) is 7.49. The summed E-state index contributed by atoms with van der Waals surface area (Å²) >= 11 is 5.77. The van der Waals surface area contributed by atoms with Gasteiger partial charge in [-0.2, -0.15) is 0 Å². The molecule has 0 saturated heterocycles. The maximum Gasteiger partial charge on any atom is 0.228 e. The van der Waals surface area contributed by atoms with Gasteiger partial charge in [-0.25, -0.2) is 4.98 Å². The monoisotopic (exact) mass is 280 g/mol. The van der Waals surface area contributed by atoms with Gasteiger partial charge in [-0.05, 0) is 43.7 Å². The van der Waals surface area contributed by atoms with Gasteiger partial charge < -0.3 is 5.32 Å². The van der Waals surface area contributed by atoms with E-state index in [2.05, 4.69) is 17.2 Å². The number of nitrogens with one attached hydrogen (secondary N) is 1. The highest BCUT2D eigenvalue weighted by Gasteiger charge is 2.25. The summed E-state index contributed by atoms with van der Waals surface area (Å²) in [4.78, 5) is 16.2. The molecule has 0 bridgehead atoms. The van der Waals surface area contributed by atoms with Gasteiger partial charge in [0.1, 0.15) is 5.82 Å². The fourth-order valence-electron chi connectivity index (χ4n) is 2.80. The zero-order valence-corrected chi connectivity index (χ0v) is 12.1. The highest BCUT2D eigenvalue weighted by Crippen LogP contribution is 2.32. The second-order valence-corrected chi connectivity index (χ2v) is 5.79. The lowest BCUT2D eigenvalue weighted by molar-refractivity contribution is -0.121. The smallest absolute Gasteiger partial charge is 0.228 e. The maximum absolute atomic E-state index is 12.1. The molecule has 0 unspecified atom stereocenters. The molecule has 1 aromatic rings. The fourth-order valence-corrected chi connectivity index (χ4v) is 2.91. The summed E-state index contributed by atoms with van der Waals surface area (Å²) in [6.07, 6.45) is 8.47. The van der Waals surface area contributed by atoms with Crippen molar-refractivity contribution in [3.05, 3.63) is 23.4 Å². The lowest BCUT2D eigenvalue weighted by Gasteiger charge is -2.27. The van der Waals surface area contributed by atoms with E-state index in [0.717, 1.165) is 18.8 Å². The molecule has 1 aliphatic carbocycles. The van der Waals surface area contributed by atoms with Crippen molar-refractivity contribution < 1.29 is 4.79 Å². The molecule has 1 aliphatic rings. The van der Waals surface area contributed by atoms with Crippen molar-refractivity contribution >= 4 is 23.3 Å². The Bertz CT molecular complexity index is 411. The van der Waals surface area contributed by atoms with Gasteiger partial charge in [-0.15, -0.1) is 0 Å². The Morgan fingerprint density at radius 3 is 2.68 bits per heavy atom. The second-order valence-electron chi connectivity index (χ2n) is 5.36. The van der Waals surface area contributed by atoms with Gasteiger partial charge in [0.25, 0.3) is 0 Å². The Kier molecular flexibility index (Phi) is 5.20. The van der Waals surface area contributed by atoms with Crippen LogP contribution in [0, 0.1) is 11.8 Å². The molecule has 0 aliphatic heterocycles. The molecule has 1 saturated carbocycles. The minimum Gasteiger partial charge on any atom is -0.310 e. The van der Waals surface area contributed by atoms with E-state index < -0.39 is 0 Å². The Labute approximate surface area is 119 Å². The Morgan fingerprint density at radius 2 is 2.11 bits per heavy atom. The van der Waals surface area contributed by atoms with E-state index in [1.807, 2.05) is 0 Å².